The van der Waals surface area contributed by atoms with Gasteiger partial charge in [0.25, 0.3) is 0 Å². The zero-order valence-electron chi connectivity index (χ0n) is 11.9. The predicted octanol–water partition coefficient (Wildman–Crippen LogP) is 1.86. The first-order chi connectivity index (χ1) is 8.81. The van der Waals surface area contributed by atoms with Gasteiger partial charge in [0.2, 0.25) is 0 Å². The van der Waals surface area contributed by atoms with E-state index in [9.17, 15) is 0 Å². The van der Waals surface area contributed by atoms with Crippen LogP contribution in [0.1, 0.15) is 45.4 Å². The van der Waals surface area contributed by atoms with Gasteiger partial charge in [0.05, 0.1) is 6.61 Å². The van der Waals surface area contributed by atoms with Crippen molar-refractivity contribution in [3.05, 3.63) is 0 Å². The lowest BCUT2D eigenvalue weighted by molar-refractivity contribution is 0.111. The standard InChI is InChI=1S/C15H30N2O/c1-2-3-4-14-9-15(16-10-13-5-6-13)12-17(11-14)7-8-18/h13-16,18H,2-12H2,1H3. The smallest absolute Gasteiger partial charge is 0.0558 e. The van der Waals surface area contributed by atoms with Gasteiger partial charge >= 0.3 is 0 Å². The van der Waals surface area contributed by atoms with Crippen LogP contribution in [0.15, 0.2) is 0 Å². The van der Waals surface area contributed by atoms with Gasteiger partial charge in [-0.2, -0.15) is 0 Å². The van der Waals surface area contributed by atoms with E-state index in [1.54, 1.807) is 0 Å². The lowest BCUT2D eigenvalue weighted by Crippen LogP contribution is -2.50. The molecule has 3 heteroatoms. The topological polar surface area (TPSA) is 35.5 Å². The summed E-state index contributed by atoms with van der Waals surface area (Å²) in [7, 11) is 0. The van der Waals surface area contributed by atoms with Crippen molar-refractivity contribution >= 4 is 0 Å². The van der Waals surface area contributed by atoms with Crippen molar-refractivity contribution in [2.24, 2.45) is 11.8 Å². The Morgan fingerprint density at radius 3 is 2.72 bits per heavy atom. The van der Waals surface area contributed by atoms with Gasteiger partial charge in [-0.05, 0) is 44.1 Å². The first-order valence-electron chi connectivity index (χ1n) is 7.88. The molecule has 2 unspecified atom stereocenters. The van der Waals surface area contributed by atoms with E-state index in [4.69, 9.17) is 5.11 Å². The fourth-order valence-corrected chi connectivity index (χ4v) is 3.13. The monoisotopic (exact) mass is 254 g/mol. The molecule has 106 valence electrons. The molecule has 1 heterocycles. The molecule has 0 bridgehead atoms. The molecule has 0 aromatic heterocycles. The Kier molecular flexibility index (Phi) is 5.93. The molecule has 18 heavy (non-hydrogen) atoms. The fraction of sp³-hybridized carbons (Fsp3) is 1.00. The average molecular weight is 254 g/mol. The summed E-state index contributed by atoms with van der Waals surface area (Å²) < 4.78 is 0. The summed E-state index contributed by atoms with van der Waals surface area (Å²) in [6.07, 6.45) is 8.22. The van der Waals surface area contributed by atoms with E-state index < -0.39 is 0 Å². The average Bonchev–Trinajstić information content (AvgIpc) is 3.18. The van der Waals surface area contributed by atoms with Crippen LogP contribution in [0.25, 0.3) is 0 Å². The van der Waals surface area contributed by atoms with Gasteiger partial charge in [-0.1, -0.05) is 19.8 Å². The maximum Gasteiger partial charge on any atom is 0.0558 e. The highest BCUT2D eigenvalue weighted by Crippen LogP contribution is 2.28. The van der Waals surface area contributed by atoms with E-state index in [-0.39, 0.29) is 0 Å². The van der Waals surface area contributed by atoms with E-state index in [1.807, 2.05) is 0 Å². The highest BCUT2D eigenvalue weighted by molar-refractivity contribution is 4.85. The van der Waals surface area contributed by atoms with Crippen LogP contribution in [0.3, 0.4) is 0 Å². The summed E-state index contributed by atoms with van der Waals surface area (Å²) in [5.41, 5.74) is 0. The zero-order valence-corrected chi connectivity index (χ0v) is 11.9. The van der Waals surface area contributed by atoms with E-state index in [1.165, 1.54) is 51.6 Å². The van der Waals surface area contributed by atoms with E-state index in [0.29, 0.717) is 12.6 Å². The Bertz CT molecular complexity index is 231. The number of rotatable bonds is 8. The number of nitrogens with one attached hydrogen (secondary N) is 1. The third-order valence-corrected chi connectivity index (χ3v) is 4.39. The summed E-state index contributed by atoms with van der Waals surface area (Å²) in [5.74, 6) is 1.80. The highest BCUT2D eigenvalue weighted by Gasteiger charge is 2.28. The van der Waals surface area contributed by atoms with Crippen molar-refractivity contribution in [2.45, 2.75) is 51.5 Å². The fourth-order valence-electron chi connectivity index (χ4n) is 3.13. The van der Waals surface area contributed by atoms with Crippen molar-refractivity contribution in [1.29, 1.82) is 0 Å². The van der Waals surface area contributed by atoms with Crippen molar-refractivity contribution in [3.8, 4) is 0 Å². The molecule has 2 fully saturated rings. The highest BCUT2D eigenvalue weighted by atomic mass is 16.3. The first kappa shape index (κ1) is 14.3. The van der Waals surface area contributed by atoms with Gasteiger partial charge in [-0.15, -0.1) is 0 Å². The summed E-state index contributed by atoms with van der Waals surface area (Å²) in [6.45, 7) is 6.98. The molecule has 2 N–H and O–H groups in total. The summed E-state index contributed by atoms with van der Waals surface area (Å²) >= 11 is 0. The van der Waals surface area contributed by atoms with Crippen molar-refractivity contribution in [3.63, 3.8) is 0 Å². The molecule has 0 aromatic rings. The number of likely N-dealkylation sites (tertiary alicyclic amines) is 1. The van der Waals surface area contributed by atoms with Gasteiger partial charge in [-0.3, -0.25) is 4.90 Å². The third-order valence-electron chi connectivity index (χ3n) is 4.39. The van der Waals surface area contributed by atoms with E-state index in [0.717, 1.165) is 24.9 Å². The minimum Gasteiger partial charge on any atom is -0.395 e. The molecular weight excluding hydrogens is 224 g/mol. The molecule has 1 aliphatic heterocycles. The van der Waals surface area contributed by atoms with Crippen LogP contribution in [-0.2, 0) is 0 Å². The maximum atomic E-state index is 9.13. The van der Waals surface area contributed by atoms with Gasteiger partial charge in [-0.25, -0.2) is 0 Å². The second kappa shape index (κ2) is 7.46. The van der Waals surface area contributed by atoms with Crippen LogP contribution >= 0.6 is 0 Å². The molecular formula is C15H30N2O. The van der Waals surface area contributed by atoms with Gasteiger partial charge < -0.3 is 10.4 Å². The third kappa shape index (κ3) is 4.87. The van der Waals surface area contributed by atoms with Crippen molar-refractivity contribution < 1.29 is 5.11 Å². The quantitative estimate of drug-likeness (QED) is 0.694. The van der Waals surface area contributed by atoms with Crippen LogP contribution in [0, 0.1) is 11.8 Å². The summed E-state index contributed by atoms with van der Waals surface area (Å²) in [5, 5.41) is 12.9. The number of unbranched alkanes of at least 4 members (excludes halogenated alkanes) is 1. The van der Waals surface area contributed by atoms with Crippen LogP contribution in [-0.4, -0.2) is 48.8 Å². The van der Waals surface area contributed by atoms with E-state index >= 15 is 0 Å². The molecule has 0 radical (unpaired) electrons. The second-order valence-electron chi connectivity index (χ2n) is 6.28. The number of hydrogen-bond donors (Lipinski definition) is 2. The number of piperidine rings is 1. The molecule has 3 nitrogen and oxygen atoms in total. The SMILES string of the molecule is CCCCC1CC(NCC2CC2)CN(CCO)C1. The number of aliphatic hydroxyl groups excluding tert-OH is 1. The number of β-amino-alcohol motifs (C(OH)–C–C–N with tert-alkyl or cyclic N) is 1. The Morgan fingerprint density at radius 1 is 1.22 bits per heavy atom. The van der Waals surface area contributed by atoms with Crippen LogP contribution in [0.5, 0.6) is 0 Å². The first-order valence-corrected chi connectivity index (χ1v) is 7.88. The molecule has 2 rings (SSSR count). The van der Waals surface area contributed by atoms with E-state index in [2.05, 4.69) is 17.1 Å². The minimum absolute atomic E-state index is 0.301. The lowest BCUT2D eigenvalue weighted by Gasteiger charge is -2.38. The molecule has 2 aliphatic rings. The number of hydrogen-bond acceptors (Lipinski definition) is 3. The number of aliphatic hydroxyl groups is 1. The van der Waals surface area contributed by atoms with Gasteiger partial charge in [0, 0.05) is 25.7 Å². The van der Waals surface area contributed by atoms with Crippen molar-refractivity contribution in [1.82, 2.24) is 10.2 Å². The molecule has 0 aromatic carbocycles. The molecule has 2 atom stereocenters. The Balaban J connectivity index is 1.75. The molecule has 0 amide bonds. The molecule has 1 saturated carbocycles. The van der Waals surface area contributed by atoms with Gasteiger partial charge in [0.1, 0.15) is 0 Å². The second-order valence-corrected chi connectivity index (χ2v) is 6.28. The Hall–Kier alpha value is -0.120. The molecule has 0 spiro atoms. The van der Waals surface area contributed by atoms with Crippen LogP contribution in [0.2, 0.25) is 0 Å². The largest absolute Gasteiger partial charge is 0.395 e. The summed E-state index contributed by atoms with van der Waals surface area (Å²) in [4.78, 5) is 2.45. The zero-order chi connectivity index (χ0) is 12.8. The Morgan fingerprint density at radius 2 is 2.06 bits per heavy atom. The maximum absolute atomic E-state index is 9.13. The molecule has 1 aliphatic carbocycles. The number of nitrogens with zero attached hydrogens (tertiary/aromatic N) is 1. The minimum atomic E-state index is 0.301. The summed E-state index contributed by atoms with van der Waals surface area (Å²) in [6, 6.07) is 0.660. The van der Waals surface area contributed by atoms with Gasteiger partial charge in [0.15, 0.2) is 0 Å². The van der Waals surface area contributed by atoms with Crippen molar-refractivity contribution in [2.75, 3.05) is 32.8 Å². The normalized spacial score (nSPS) is 29.7. The van der Waals surface area contributed by atoms with Crippen LogP contribution < -0.4 is 5.32 Å². The molecule has 1 saturated heterocycles. The Labute approximate surface area is 112 Å². The lowest BCUT2D eigenvalue weighted by atomic mass is 9.90. The van der Waals surface area contributed by atoms with Crippen LogP contribution in [0.4, 0.5) is 0 Å². The predicted molar refractivity (Wildman–Crippen MR) is 75.7 cm³/mol.